The van der Waals surface area contributed by atoms with Gasteiger partial charge in [-0.2, -0.15) is 0 Å². The van der Waals surface area contributed by atoms with Gasteiger partial charge in [-0.05, 0) is 18.6 Å². The van der Waals surface area contributed by atoms with Gasteiger partial charge in [0.25, 0.3) is 0 Å². The molecule has 1 aromatic rings. The SMILES string of the molecule is CCCCOc1ccc([N-]C)cc1. The molecule has 72 valence electrons. The first-order chi connectivity index (χ1) is 6.36. The van der Waals surface area contributed by atoms with E-state index < -0.39 is 0 Å². The highest BCUT2D eigenvalue weighted by atomic mass is 16.5. The van der Waals surface area contributed by atoms with Crippen molar-refractivity contribution in [2.45, 2.75) is 19.8 Å². The van der Waals surface area contributed by atoms with Gasteiger partial charge in [-0.25, -0.2) is 0 Å². The quantitative estimate of drug-likeness (QED) is 0.633. The van der Waals surface area contributed by atoms with E-state index >= 15 is 0 Å². The Morgan fingerprint density at radius 1 is 1.23 bits per heavy atom. The molecule has 0 atom stereocenters. The third-order valence-electron chi connectivity index (χ3n) is 1.86. The van der Waals surface area contributed by atoms with Crippen molar-refractivity contribution in [2.24, 2.45) is 0 Å². The van der Waals surface area contributed by atoms with Gasteiger partial charge in [0.2, 0.25) is 0 Å². The summed E-state index contributed by atoms with van der Waals surface area (Å²) in [5, 5.41) is 4.05. The largest absolute Gasteiger partial charge is 0.687 e. The van der Waals surface area contributed by atoms with E-state index in [4.69, 9.17) is 4.74 Å². The van der Waals surface area contributed by atoms with Crippen LogP contribution >= 0.6 is 0 Å². The van der Waals surface area contributed by atoms with Crippen molar-refractivity contribution in [1.82, 2.24) is 0 Å². The average Bonchev–Trinajstić information content (AvgIpc) is 2.19. The van der Waals surface area contributed by atoms with Crippen LogP contribution < -0.4 is 4.74 Å². The van der Waals surface area contributed by atoms with Gasteiger partial charge in [0.05, 0.1) is 6.61 Å². The molecule has 2 heteroatoms. The molecule has 0 N–H and O–H groups in total. The summed E-state index contributed by atoms with van der Waals surface area (Å²) < 4.78 is 5.50. The summed E-state index contributed by atoms with van der Waals surface area (Å²) in [5.41, 5.74) is 0.989. The predicted molar refractivity (Wildman–Crippen MR) is 55.8 cm³/mol. The first kappa shape index (κ1) is 9.90. The predicted octanol–water partition coefficient (Wildman–Crippen LogP) is 3.50. The molecule has 2 nitrogen and oxygen atoms in total. The molecule has 0 fully saturated rings. The molecule has 0 amide bonds. The lowest BCUT2D eigenvalue weighted by atomic mass is 10.3. The normalized spacial score (nSPS) is 9.69. The zero-order chi connectivity index (χ0) is 9.52. The molecule has 0 saturated carbocycles. The van der Waals surface area contributed by atoms with E-state index in [1.165, 1.54) is 6.42 Å². The van der Waals surface area contributed by atoms with Crippen LogP contribution in [0, 0.1) is 0 Å². The van der Waals surface area contributed by atoms with Crippen LogP contribution in [-0.2, 0) is 0 Å². The van der Waals surface area contributed by atoms with Crippen molar-refractivity contribution < 1.29 is 4.74 Å². The minimum Gasteiger partial charge on any atom is -0.687 e. The molecule has 0 aliphatic heterocycles. The van der Waals surface area contributed by atoms with Gasteiger partial charge in [-0.1, -0.05) is 25.5 Å². The van der Waals surface area contributed by atoms with Crippen LogP contribution in [0.2, 0.25) is 0 Å². The van der Waals surface area contributed by atoms with Crippen LogP contribution in [0.15, 0.2) is 24.3 Å². The smallest absolute Gasteiger partial charge is 0.119 e. The van der Waals surface area contributed by atoms with Gasteiger partial charge in [-0.3, -0.25) is 0 Å². The lowest BCUT2D eigenvalue weighted by molar-refractivity contribution is 0.309. The lowest BCUT2D eigenvalue weighted by Gasteiger charge is -2.13. The highest BCUT2D eigenvalue weighted by Crippen LogP contribution is 2.20. The van der Waals surface area contributed by atoms with Crippen LogP contribution in [0.1, 0.15) is 19.8 Å². The highest BCUT2D eigenvalue weighted by molar-refractivity contribution is 5.49. The Morgan fingerprint density at radius 2 is 1.92 bits per heavy atom. The zero-order valence-corrected chi connectivity index (χ0v) is 8.29. The summed E-state index contributed by atoms with van der Waals surface area (Å²) in [6.07, 6.45) is 2.28. The maximum atomic E-state index is 5.50. The van der Waals surface area contributed by atoms with Gasteiger partial charge in [0.15, 0.2) is 0 Å². The van der Waals surface area contributed by atoms with Crippen molar-refractivity contribution in [1.29, 1.82) is 0 Å². The number of rotatable bonds is 5. The Morgan fingerprint density at radius 3 is 2.46 bits per heavy atom. The Bertz CT molecular complexity index is 230. The molecule has 0 aliphatic carbocycles. The zero-order valence-electron chi connectivity index (χ0n) is 8.29. The van der Waals surface area contributed by atoms with Gasteiger partial charge in [0.1, 0.15) is 5.75 Å². The molecule has 0 saturated heterocycles. The molecular formula is C11H16NO-. The van der Waals surface area contributed by atoms with Crippen LogP contribution in [0.25, 0.3) is 5.32 Å². The summed E-state index contributed by atoms with van der Waals surface area (Å²) in [4.78, 5) is 0. The minimum absolute atomic E-state index is 0.805. The molecule has 1 aromatic carbocycles. The average molecular weight is 178 g/mol. The monoisotopic (exact) mass is 178 g/mol. The molecule has 13 heavy (non-hydrogen) atoms. The summed E-state index contributed by atoms with van der Waals surface area (Å²) in [6.45, 7) is 2.96. The van der Waals surface area contributed by atoms with Crippen LogP contribution in [0.3, 0.4) is 0 Å². The summed E-state index contributed by atoms with van der Waals surface area (Å²) in [7, 11) is 1.78. The molecule has 1 rings (SSSR count). The fourth-order valence-electron chi connectivity index (χ4n) is 1.03. The van der Waals surface area contributed by atoms with Crippen LogP contribution in [-0.4, -0.2) is 13.7 Å². The molecule has 0 bridgehead atoms. The second-order valence-corrected chi connectivity index (χ2v) is 2.92. The molecule has 0 aliphatic rings. The van der Waals surface area contributed by atoms with Gasteiger partial charge >= 0.3 is 0 Å². The lowest BCUT2D eigenvalue weighted by Crippen LogP contribution is -1.95. The van der Waals surface area contributed by atoms with Gasteiger partial charge in [-0.15, -0.1) is 12.7 Å². The Hall–Kier alpha value is -1.18. The van der Waals surface area contributed by atoms with Crippen molar-refractivity contribution in [3.8, 4) is 5.75 Å². The van der Waals surface area contributed by atoms with E-state index in [0.717, 1.165) is 24.5 Å². The van der Waals surface area contributed by atoms with E-state index in [9.17, 15) is 0 Å². The minimum atomic E-state index is 0.805. The van der Waals surface area contributed by atoms with E-state index in [0.29, 0.717) is 0 Å². The number of ether oxygens (including phenoxy) is 1. The highest BCUT2D eigenvalue weighted by Gasteiger charge is 1.89. The molecular weight excluding hydrogens is 162 g/mol. The number of unbranched alkanes of at least 4 members (excludes halogenated alkanes) is 1. The molecule has 0 unspecified atom stereocenters. The third kappa shape index (κ3) is 3.36. The van der Waals surface area contributed by atoms with Gasteiger partial charge in [0, 0.05) is 0 Å². The van der Waals surface area contributed by atoms with E-state index in [1.807, 2.05) is 24.3 Å². The Balaban J connectivity index is 2.40. The first-order valence-electron chi connectivity index (χ1n) is 4.69. The maximum Gasteiger partial charge on any atom is 0.119 e. The van der Waals surface area contributed by atoms with E-state index in [-0.39, 0.29) is 0 Å². The molecule has 0 spiro atoms. The summed E-state index contributed by atoms with van der Waals surface area (Å²) >= 11 is 0. The van der Waals surface area contributed by atoms with Crippen LogP contribution in [0.4, 0.5) is 5.69 Å². The van der Waals surface area contributed by atoms with Crippen LogP contribution in [0.5, 0.6) is 5.75 Å². The molecule has 0 heterocycles. The number of benzene rings is 1. The maximum absolute atomic E-state index is 5.50. The van der Waals surface area contributed by atoms with Gasteiger partial charge < -0.3 is 10.1 Å². The second-order valence-electron chi connectivity index (χ2n) is 2.92. The van der Waals surface area contributed by atoms with Crippen molar-refractivity contribution in [3.05, 3.63) is 29.6 Å². The fraction of sp³-hybridized carbons (Fsp3) is 0.455. The second kappa shape index (κ2) is 5.46. The number of nitrogens with zero attached hydrogens (tertiary/aromatic N) is 1. The number of hydrogen-bond acceptors (Lipinski definition) is 1. The Labute approximate surface area is 79.9 Å². The van der Waals surface area contributed by atoms with Crippen molar-refractivity contribution in [2.75, 3.05) is 13.7 Å². The third-order valence-corrected chi connectivity index (χ3v) is 1.86. The standard InChI is InChI=1S/C11H16NO/c1-3-4-9-13-11-7-5-10(12-2)6-8-11/h5-8H,3-4,9H2,1-2H3/q-1. The van der Waals surface area contributed by atoms with E-state index in [2.05, 4.69) is 12.2 Å². The topological polar surface area (TPSA) is 23.3 Å². The molecule has 0 radical (unpaired) electrons. The first-order valence-corrected chi connectivity index (χ1v) is 4.69. The van der Waals surface area contributed by atoms with Crippen molar-refractivity contribution in [3.63, 3.8) is 0 Å². The summed E-state index contributed by atoms with van der Waals surface area (Å²) in [6, 6.07) is 7.83. The summed E-state index contributed by atoms with van der Waals surface area (Å²) in [5.74, 6) is 0.931. The molecule has 0 aromatic heterocycles. The Kier molecular flexibility index (Phi) is 4.16. The fourth-order valence-corrected chi connectivity index (χ4v) is 1.03. The van der Waals surface area contributed by atoms with Crippen molar-refractivity contribution >= 4 is 5.69 Å². The number of hydrogen-bond donors (Lipinski definition) is 0. The van der Waals surface area contributed by atoms with E-state index in [1.54, 1.807) is 7.05 Å².